The van der Waals surface area contributed by atoms with Gasteiger partial charge in [-0.05, 0) is 12.1 Å². The van der Waals surface area contributed by atoms with Crippen LogP contribution in [0.2, 0.25) is 9.36 Å². The van der Waals surface area contributed by atoms with Gasteiger partial charge in [0, 0.05) is 11.5 Å². The van der Waals surface area contributed by atoms with Crippen molar-refractivity contribution < 1.29 is 9.13 Å². The molecule has 3 nitrogen and oxygen atoms in total. The molecule has 0 bridgehead atoms. The predicted molar refractivity (Wildman–Crippen MR) is 60.7 cm³/mol. The van der Waals surface area contributed by atoms with Crippen molar-refractivity contribution in [2.75, 3.05) is 0 Å². The molecule has 0 atom stereocenters. The third kappa shape index (κ3) is 2.42. The van der Waals surface area contributed by atoms with E-state index in [9.17, 15) is 4.39 Å². The normalized spacial score (nSPS) is 10.4. The molecule has 1 aromatic heterocycles. The van der Waals surface area contributed by atoms with Gasteiger partial charge in [-0.3, -0.25) is 0 Å². The molecule has 0 saturated carbocycles. The summed E-state index contributed by atoms with van der Waals surface area (Å²) in [5.74, 6) is -0.528. The van der Waals surface area contributed by atoms with Gasteiger partial charge < -0.3 is 4.74 Å². The Morgan fingerprint density at radius 2 is 2.19 bits per heavy atom. The van der Waals surface area contributed by atoms with Gasteiger partial charge in [0.1, 0.15) is 16.6 Å². The van der Waals surface area contributed by atoms with E-state index in [0.717, 1.165) is 11.5 Å². The van der Waals surface area contributed by atoms with Gasteiger partial charge in [0.05, 0.1) is 5.02 Å². The van der Waals surface area contributed by atoms with Crippen LogP contribution < -0.4 is 4.74 Å². The predicted octanol–water partition coefficient (Wildman–Crippen LogP) is 3.56. The van der Waals surface area contributed by atoms with Gasteiger partial charge in [-0.2, -0.15) is 0 Å². The van der Waals surface area contributed by atoms with Crippen molar-refractivity contribution in [3.8, 4) is 5.75 Å². The van der Waals surface area contributed by atoms with E-state index in [1.54, 1.807) is 6.07 Å². The number of hydrogen-bond acceptors (Lipinski definition) is 4. The largest absolute Gasteiger partial charge is 0.484 e. The summed E-state index contributed by atoms with van der Waals surface area (Å²) >= 11 is 12.4. The average molecular weight is 279 g/mol. The van der Waals surface area contributed by atoms with E-state index >= 15 is 0 Å². The van der Waals surface area contributed by atoms with E-state index in [2.05, 4.69) is 9.59 Å². The highest BCUT2D eigenvalue weighted by Gasteiger charge is 2.10. The number of halogens is 3. The SMILES string of the molecule is Fc1c(Cl)cccc1OCc1nnsc1Cl. The Morgan fingerprint density at radius 1 is 1.38 bits per heavy atom. The van der Waals surface area contributed by atoms with Crippen LogP contribution in [-0.4, -0.2) is 9.59 Å². The average Bonchev–Trinajstić information content (AvgIpc) is 2.67. The van der Waals surface area contributed by atoms with Gasteiger partial charge in [0.15, 0.2) is 11.6 Å². The van der Waals surface area contributed by atoms with Crippen molar-refractivity contribution in [1.82, 2.24) is 9.59 Å². The van der Waals surface area contributed by atoms with Gasteiger partial charge in [0.25, 0.3) is 0 Å². The lowest BCUT2D eigenvalue weighted by Crippen LogP contribution is -1.98. The highest BCUT2D eigenvalue weighted by atomic mass is 35.5. The molecule has 0 aliphatic heterocycles. The molecule has 0 N–H and O–H groups in total. The van der Waals surface area contributed by atoms with Crippen LogP contribution in [0, 0.1) is 5.82 Å². The highest BCUT2D eigenvalue weighted by molar-refractivity contribution is 7.10. The summed E-state index contributed by atoms with van der Waals surface area (Å²) in [6, 6.07) is 4.53. The molecule has 0 radical (unpaired) electrons. The monoisotopic (exact) mass is 278 g/mol. The molecule has 1 heterocycles. The highest BCUT2D eigenvalue weighted by Crippen LogP contribution is 2.25. The third-order valence-electron chi connectivity index (χ3n) is 1.79. The third-order valence-corrected chi connectivity index (χ3v) is 3.07. The molecule has 0 unspecified atom stereocenters. The zero-order chi connectivity index (χ0) is 11.5. The molecule has 0 spiro atoms. The number of benzene rings is 1. The quantitative estimate of drug-likeness (QED) is 0.861. The molecule has 2 aromatic rings. The van der Waals surface area contributed by atoms with E-state index in [-0.39, 0.29) is 17.4 Å². The fourth-order valence-electron chi connectivity index (χ4n) is 1.02. The molecule has 0 aliphatic carbocycles. The molecule has 2 rings (SSSR count). The minimum absolute atomic E-state index is 0.0139. The maximum absolute atomic E-state index is 13.4. The van der Waals surface area contributed by atoms with Crippen LogP contribution in [0.1, 0.15) is 5.69 Å². The van der Waals surface area contributed by atoms with E-state index in [1.165, 1.54) is 12.1 Å². The fraction of sp³-hybridized carbons (Fsp3) is 0.111. The summed E-state index contributed by atoms with van der Waals surface area (Å²) in [5.41, 5.74) is 0.478. The van der Waals surface area contributed by atoms with Gasteiger partial charge in [-0.25, -0.2) is 4.39 Å². The number of nitrogens with zero attached hydrogens (tertiary/aromatic N) is 2. The lowest BCUT2D eigenvalue weighted by atomic mass is 10.3. The van der Waals surface area contributed by atoms with E-state index < -0.39 is 5.82 Å². The Kier molecular flexibility index (Phi) is 3.58. The molecular weight excluding hydrogens is 274 g/mol. The van der Waals surface area contributed by atoms with Gasteiger partial charge >= 0.3 is 0 Å². The van der Waals surface area contributed by atoms with Crippen LogP contribution >= 0.6 is 34.7 Å². The number of ether oxygens (including phenoxy) is 1. The van der Waals surface area contributed by atoms with Crippen LogP contribution in [0.4, 0.5) is 4.39 Å². The summed E-state index contributed by atoms with van der Waals surface area (Å²) in [6.45, 7) is 0.0621. The molecule has 84 valence electrons. The van der Waals surface area contributed by atoms with Gasteiger partial charge in [-0.15, -0.1) is 5.10 Å². The van der Waals surface area contributed by atoms with Crippen LogP contribution in [0.5, 0.6) is 5.75 Å². The first-order valence-electron chi connectivity index (χ1n) is 4.22. The fourth-order valence-corrected chi connectivity index (χ4v) is 1.79. The number of hydrogen-bond donors (Lipinski definition) is 0. The minimum Gasteiger partial charge on any atom is -0.484 e. The molecule has 7 heteroatoms. The Balaban J connectivity index is 2.11. The minimum atomic E-state index is -0.594. The van der Waals surface area contributed by atoms with Crippen molar-refractivity contribution in [3.05, 3.63) is 39.1 Å². The van der Waals surface area contributed by atoms with Crippen molar-refractivity contribution in [1.29, 1.82) is 0 Å². The Labute approximate surface area is 105 Å². The van der Waals surface area contributed by atoms with Crippen LogP contribution in [-0.2, 0) is 6.61 Å². The first-order valence-corrected chi connectivity index (χ1v) is 5.75. The summed E-state index contributed by atoms with van der Waals surface area (Å²) < 4.78 is 22.7. The molecular formula is C9H5Cl2FN2OS. The smallest absolute Gasteiger partial charge is 0.183 e. The first kappa shape index (κ1) is 11.6. The second-order valence-electron chi connectivity index (χ2n) is 2.83. The zero-order valence-electron chi connectivity index (χ0n) is 7.78. The van der Waals surface area contributed by atoms with E-state index in [1.807, 2.05) is 0 Å². The van der Waals surface area contributed by atoms with Gasteiger partial charge in [-0.1, -0.05) is 33.8 Å². The van der Waals surface area contributed by atoms with Crippen LogP contribution in [0.15, 0.2) is 18.2 Å². The Morgan fingerprint density at radius 3 is 2.88 bits per heavy atom. The zero-order valence-corrected chi connectivity index (χ0v) is 10.1. The lowest BCUT2D eigenvalue weighted by molar-refractivity contribution is 0.286. The Bertz CT molecular complexity index is 506. The molecule has 0 amide bonds. The standard InChI is InChI=1S/C9H5Cl2FN2OS/c10-5-2-1-3-7(8(5)12)15-4-6-9(11)16-14-13-6/h1-3H,4H2. The van der Waals surface area contributed by atoms with Crippen molar-refractivity contribution in [3.63, 3.8) is 0 Å². The molecule has 0 saturated heterocycles. The topological polar surface area (TPSA) is 35.0 Å². The van der Waals surface area contributed by atoms with Crippen LogP contribution in [0.3, 0.4) is 0 Å². The van der Waals surface area contributed by atoms with Crippen molar-refractivity contribution >= 4 is 34.7 Å². The summed E-state index contributed by atoms with van der Waals surface area (Å²) in [6.07, 6.45) is 0. The number of rotatable bonds is 3. The maximum atomic E-state index is 13.4. The maximum Gasteiger partial charge on any atom is 0.183 e. The van der Waals surface area contributed by atoms with Crippen molar-refractivity contribution in [2.24, 2.45) is 0 Å². The summed E-state index contributed by atoms with van der Waals surface area (Å²) in [5, 5.41) is 3.75. The Hall–Kier alpha value is -0.910. The second-order valence-corrected chi connectivity index (χ2v) is 4.60. The molecule has 0 aliphatic rings. The lowest BCUT2D eigenvalue weighted by Gasteiger charge is -2.05. The van der Waals surface area contributed by atoms with E-state index in [4.69, 9.17) is 27.9 Å². The second kappa shape index (κ2) is 4.95. The number of aromatic nitrogens is 2. The van der Waals surface area contributed by atoms with Gasteiger partial charge in [0.2, 0.25) is 0 Å². The summed E-state index contributed by atoms with van der Waals surface area (Å²) in [7, 11) is 0. The van der Waals surface area contributed by atoms with E-state index in [0.29, 0.717) is 10.0 Å². The molecule has 1 aromatic carbocycles. The summed E-state index contributed by atoms with van der Waals surface area (Å²) in [4.78, 5) is 0. The van der Waals surface area contributed by atoms with Crippen molar-refractivity contribution in [2.45, 2.75) is 6.61 Å². The van der Waals surface area contributed by atoms with Crippen LogP contribution in [0.25, 0.3) is 0 Å². The molecule has 0 fully saturated rings. The molecule has 16 heavy (non-hydrogen) atoms. The first-order chi connectivity index (χ1) is 7.68.